The van der Waals surface area contributed by atoms with Crippen LogP contribution in [0.15, 0.2) is 5.38 Å². The van der Waals surface area contributed by atoms with Crippen molar-refractivity contribution in [2.24, 2.45) is 0 Å². The first-order valence-corrected chi connectivity index (χ1v) is 8.20. The zero-order chi connectivity index (χ0) is 15.1. The van der Waals surface area contributed by atoms with Crippen LogP contribution >= 0.6 is 11.3 Å². The summed E-state index contributed by atoms with van der Waals surface area (Å²) < 4.78 is 4.65. The molecule has 118 valence electrons. The maximum atomic E-state index is 11.2. The Morgan fingerprint density at radius 1 is 1.43 bits per heavy atom. The average Bonchev–Trinajstić information content (AvgIpc) is 2.85. The summed E-state index contributed by atoms with van der Waals surface area (Å²) in [5, 5.41) is 12.1. The van der Waals surface area contributed by atoms with Crippen LogP contribution in [0.3, 0.4) is 0 Å². The monoisotopic (exact) mass is 313 g/mol. The van der Waals surface area contributed by atoms with Crippen LogP contribution in [0.5, 0.6) is 0 Å². The summed E-state index contributed by atoms with van der Waals surface area (Å²) in [6, 6.07) is 0. The highest BCUT2D eigenvalue weighted by Crippen LogP contribution is 2.22. The van der Waals surface area contributed by atoms with Gasteiger partial charge in [-0.25, -0.2) is 4.98 Å². The number of esters is 1. The molecule has 0 spiro atoms. The van der Waals surface area contributed by atoms with Gasteiger partial charge in [-0.1, -0.05) is 0 Å². The van der Waals surface area contributed by atoms with E-state index in [4.69, 9.17) is 5.11 Å². The number of rotatable bonds is 6. The smallest absolute Gasteiger partial charge is 0.305 e. The summed E-state index contributed by atoms with van der Waals surface area (Å²) in [6.07, 6.45) is 2.09. The number of ether oxygens (including phenoxy) is 1. The Kier molecular flexibility index (Phi) is 6.41. The molecule has 0 aliphatic carbocycles. The lowest BCUT2D eigenvalue weighted by Crippen LogP contribution is -2.32. The van der Waals surface area contributed by atoms with Crippen LogP contribution < -0.4 is 4.90 Å². The number of aliphatic hydroxyl groups is 1. The average molecular weight is 313 g/mol. The third kappa shape index (κ3) is 4.94. The minimum Gasteiger partial charge on any atom is -0.469 e. The van der Waals surface area contributed by atoms with E-state index in [0.717, 1.165) is 50.0 Å². The Labute approximate surface area is 129 Å². The van der Waals surface area contributed by atoms with Gasteiger partial charge in [-0.15, -0.1) is 11.3 Å². The summed E-state index contributed by atoms with van der Waals surface area (Å²) >= 11 is 1.63. The molecule has 1 fully saturated rings. The molecule has 2 heterocycles. The van der Waals surface area contributed by atoms with E-state index in [1.807, 2.05) is 5.38 Å². The van der Waals surface area contributed by atoms with Gasteiger partial charge in [0.15, 0.2) is 5.13 Å². The quantitative estimate of drug-likeness (QED) is 0.782. The molecule has 0 saturated carbocycles. The third-order valence-corrected chi connectivity index (χ3v) is 4.58. The van der Waals surface area contributed by atoms with E-state index >= 15 is 0 Å². The summed E-state index contributed by atoms with van der Waals surface area (Å²) in [6.45, 7) is 4.87. The van der Waals surface area contributed by atoms with Crippen molar-refractivity contribution in [1.29, 1.82) is 0 Å². The van der Waals surface area contributed by atoms with Gasteiger partial charge in [-0.3, -0.25) is 9.69 Å². The minimum atomic E-state index is -0.195. The third-order valence-electron chi connectivity index (χ3n) is 3.63. The van der Waals surface area contributed by atoms with Gasteiger partial charge >= 0.3 is 5.97 Å². The van der Waals surface area contributed by atoms with E-state index in [-0.39, 0.29) is 12.6 Å². The number of anilines is 1. The standard InChI is InChI=1S/C14H23N3O3S/c1-20-13(19)4-3-12-11-21-14(15-12)17-6-2-5-16(7-8-17)9-10-18/h11,18H,2-10H2,1H3. The molecule has 1 N–H and O–H groups in total. The summed E-state index contributed by atoms with van der Waals surface area (Å²) in [5.74, 6) is -0.195. The molecule has 1 saturated heterocycles. The van der Waals surface area contributed by atoms with E-state index in [1.54, 1.807) is 11.3 Å². The molecule has 0 aromatic carbocycles. The molecule has 7 heteroatoms. The highest BCUT2D eigenvalue weighted by molar-refractivity contribution is 7.13. The lowest BCUT2D eigenvalue weighted by molar-refractivity contribution is -0.140. The maximum absolute atomic E-state index is 11.2. The van der Waals surface area contributed by atoms with Crippen molar-refractivity contribution < 1.29 is 14.6 Å². The number of thiazole rings is 1. The number of β-amino-alcohol motifs (C(OH)–C–C–N with tert-alkyl or cyclic N) is 1. The molecule has 0 radical (unpaired) electrons. The number of aryl methyl sites for hydroxylation is 1. The van der Waals surface area contributed by atoms with Gasteiger partial charge in [0.1, 0.15) is 0 Å². The van der Waals surface area contributed by atoms with E-state index in [1.165, 1.54) is 7.11 Å². The second kappa shape index (κ2) is 8.31. The molecule has 1 aliphatic rings. The van der Waals surface area contributed by atoms with Gasteiger partial charge < -0.3 is 14.7 Å². The lowest BCUT2D eigenvalue weighted by Gasteiger charge is -2.20. The van der Waals surface area contributed by atoms with Crippen molar-refractivity contribution >= 4 is 22.4 Å². The van der Waals surface area contributed by atoms with Gasteiger partial charge in [0, 0.05) is 38.0 Å². The zero-order valence-corrected chi connectivity index (χ0v) is 13.3. The first-order chi connectivity index (χ1) is 10.2. The normalized spacial score (nSPS) is 16.8. The highest BCUT2D eigenvalue weighted by Gasteiger charge is 2.17. The SMILES string of the molecule is COC(=O)CCc1csc(N2CCCN(CCO)CC2)n1. The first kappa shape index (κ1) is 16.2. The van der Waals surface area contributed by atoms with Crippen molar-refractivity contribution in [3.05, 3.63) is 11.1 Å². The van der Waals surface area contributed by atoms with Gasteiger partial charge in [0.25, 0.3) is 0 Å². The highest BCUT2D eigenvalue weighted by atomic mass is 32.1. The van der Waals surface area contributed by atoms with Crippen LogP contribution in [0, 0.1) is 0 Å². The van der Waals surface area contributed by atoms with Crippen LogP contribution in [0.4, 0.5) is 5.13 Å². The van der Waals surface area contributed by atoms with Gasteiger partial charge in [-0.2, -0.15) is 0 Å². The van der Waals surface area contributed by atoms with Crippen LogP contribution in [-0.2, 0) is 16.0 Å². The molecular weight excluding hydrogens is 290 g/mol. The van der Waals surface area contributed by atoms with E-state index in [0.29, 0.717) is 12.8 Å². The Morgan fingerprint density at radius 2 is 2.29 bits per heavy atom. The molecule has 21 heavy (non-hydrogen) atoms. The topological polar surface area (TPSA) is 65.9 Å². The number of hydrogen-bond donors (Lipinski definition) is 1. The van der Waals surface area contributed by atoms with Crippen LogP contribution in [-0.4, -0.2) is 67.4 Å². The van der Waals surface area contributed by atoms with Crippen molar-refractivity contribution in [3.63, 3.8) is 0 Å². The number of aromatic nitrogens is 1. The number of aliphatic hydroxyl groups excluding tert-OH is 1. The molecular formula is C14H23N3O3S. The predicted octanol–water partition coefficient (Wildman–Crippen LogP) is 0.753. The van der Waals surface area contributed by atoms with Crippen molar-refractivity contribution in [2.45, 2.75) is 19.3 Å². The van der Waals surface area contributed by atoms with E-state index in [2.05, 4.69) is 19.5 Å². The van der Waals surface area contributed by atoms with E-state index < -0.39 is 0 Å². The number of nitrogens with zero attached hydrogens (tertiary/aromatic N) is 3. The number of methoxy groups -OCH3 is 1. The molecule has 0 unspecified atom stereocenters. The Hall–Kier alpha value is -1.18. The van der Waals surface area contributed by atoms with Crippen LogP contribution in [0.25, 0.3) is 0 Å². The number of carbonyl (C=O) groups excluding carboxylic acids is 1. The number of carbonyl (C=O) groups is 1. The molecule has 0 amide bonds. The fraction of sp³-hybridized carbons (Fsp3) is 0.714. The summed E-state index contributed by atoms with van der Waals surface area (Å²) in [4.78, 5) is 20.4. The minimum absolute atomic E-state index is 0.195. The molecule has 0 bridgehead atoms. The molecule has 1 aromatic heterocycles. The van der Waals surface area contributed by atoms with Crippen molar-refractivity contribution in [3.8, 4) is 0 Å². The first-order valence-electron chi connectivity index (χ1n) is 7.32. The molecule has 0 atom stereocenters. The van der Waals surface area contributed by atoms with Crippen molar-refractivity contribution in [1.82, 2.24) is 9.88 Å². The zero-order valence-electron chi connectivity index (χ0n) is 12.5. The summed E-state index contributed by atoms with van der Waals surface area (Å²) in [7, 11) is 1.41. The second-order valence-corrected chi connectivity index (χ2v) is 5.94. The molecule has 6 nitrogen and oxygen atoms in total. The fourth-order valence-corrected chi connectivity index (χ4v) is 3.33. The van der Waals surface area contributed by atoms with Gasteiger partial charge in [-0.05, 0) is 13.0 Å². The molecule has 2 rings (SSSR count). The van der Waals surface area contributed by atoms with Crippen LogP contribution in [0.2, 0.25) is 0 Å². The summed E-state index contributed by atoms with van der Waals surface area (Å²) in [5.41, 5.74) is 0.955. The Morgan fingerprint density at radius 3 is 3.05 bits per heavy atom. The fourth-order valence-electron chi connectivity index (χ4n) is 2.42. The lowest BCUT2D eigenvalue weighted by atomic mass is 10.2. The number of hydrogen-bond acceptors (Lipinski definition) is 7. The predicted molar refractivity (Wildman–Crippen MR) is 82.8 cm³/mol. The van der Waals surface area contributed by atoms with Gasteiger partial charge in [0.2, 0.25) is 0 Å². The Balaban J connectivity index is 1.87. The molecule has 1 aromatic rings. The van der Waals surface area contributed by atoms with Crippen molar-refractivity contribution in [2.75, 3.05) is 51.3 Å². The van der Waals surface area contributed by atoms with Crippen LogP contribution in [0.1, 0.15) is 18.5 Å². The molecule has 1 aliphatic heterocycles. The largest absolute Gasteiger partial charge is 0.469 e. The second-order valence-electron chi connectivity index (χ2n) is 5.10. The van der Waals surface area contributed by atoms with E-state index in [9.17, 15) is 4.79 Å². The Bertz CT molecular complexity index is 452. The van der Waals surface area contributed by atoms with Gasteiger partial charge in [0.05, 0.1) is 25.8 Å². The maximum Gasteiger partial charge on any atom is 0.305 e.